The second-order valence-electron chi connectivity index (χ2n) is 11.6. The van der Waals surface area contributed by atoms with E-state index in [-0.39, 0.29) is 0 Å². The number of halogens is 1. The lowest BCUT2D eigenvalue weighted by Crippen LogP contribution is -2.13. The van der Waals surface area contributed by atoms with E-state index in [1.807, 2.05) is 22.7 Å². The Balaban J connectivity index is 1.23. The molecule has 0 atom stereocenters. The number of hydrogen-bond acceptors (Lipinski definition) is 4. The molecule has 2 aromatic heterocycles. The maximum Gasteiger partial charge on any atom is 0.0493 e. The molecule has 0 unspecified atom stereocenters. The molecule has 47 heavy (non-hydrogen) atoms. The van der Waals surface area contributed by atoms with E-state index >= 15 is 0 Å². The fourth-order valence-electron chi connectivity index (χ4n) is 6.57. The highest BCUT2D eigenvalue weighted by atomic mass is 79.9. The molecule has 0 spiro atoms. The SMILES string of the molecule is Brc1cc(N(c2ccccc2)c2ccc3c(c2)sc2ccccc23)cc(N(c2ccccc2)c2ccc3sc4ccccc4c3c2)c1. The first-order valence-electron chi connectivity index (χ1n) is 15.5. The average molecular weight is 704 g/mol. The van der Waals surface area contributed by atoms with Gasteiger partial charge in [0.2, 0.25) is 0 Å². The highest BCUT2D eigenvalue weighted by molar-refractivity contribution is 9.10. The summed E-state index contributed by atoms with van der Waals surface area (Å²) in [4.78, 5) is 4.72. The van der Waals surface area contributed by atoms with E-state index in [1.54, 1.807) is 0 Å². The summed E-state index contributed by atoms with van der Waals surface area (Å²) in [7, 11) is 0. The van der Waals surface area contributed by atoms with Gasteiger partial charge in [0.05, 0.1) is 0 Å². The number of para-hydroxylation sites is 2. The summed E-state index contributed by atoms with van der Waals surface area (Å²) in [5, 5.41) is 5.18. The first kappa shape index (κ1) is 28.3. The van der Waals surface area contributed by atoms with Gasteiger partial charge in [0.25, 0.3) is 0 Å². The Morgan fingerprint density at radius 1 is 0.319 bits per heavy atom. The largest absolute Gasteiger partial charge is 0.310 e. The van der Waals surface area contributed by atoms with Gasteiger partial charge in [-0.05, 0) is 84.9 Å². The normalized spacial score (nSPS) is 11.5. The van der Waals surface area contributed by atoms with Gasteiger partial charge in [-0.1, -0.05) is 94.8 Å². The van der Waals surface area contributed by atoms with Crippen LogP contribution in [0.4, 0.5) is 34.1 Å². The summed E-state index contributed by atoms with van der Waals surface area (Å²) in [5.41, 5.74) is 6.60. The minimum absolute atomic E-state index is 1.01. The van der Waals surface area contributed by atoms with Gasteiger partial charge in [-0.3, -0.25) is 0 Å². The van der Waals surface area contributed by atoms with Gasteiger partial charge in [0, 0.05) is 78.9 Å². The van der Waals surface area contributed by atoms with Crippen LogP contribution in [0.3, 0.4) is 0 Å². The van der Waals surface area contributed by atoms with E-state index in [9.17, 15) is 0 Å². The van der Waals surface area contributed by atoms with Gasteiger partial charge in [0.1, 0.15) is 0 Å². The number of hydrogen-bond donors (Lipinski definition) is 0. The van der Waals surface area contributed by atoms with Crippen LogP contribution in [0.15, 0.2) is 168 Å². The molecular weight excluding hydrogens is 677 g/mol. The molecule has 0 N–H and O–H groups in total. The molecule has 0 fully saturated rings. The second-order valence-corrected chi connectivity index (χ2v) is 14.7. The Morgan fingerprint density at radius 3 is 1.43 bits per heavy atom. The topological polar surface area (TPSA) is 6.48 Å². The number of anilines is 6. The third-order valence-corrected chi connectivity index (χ3v) is 11.4. The Kier molecular flexibility index (Phi) is 7.04. The van der Waals surface area contributed by atoms with Crippen molar-refractivity contribution in [1.82, 2.24) is 0 Å². The predicted molar refractivity (Wildman–Crippen MR) is 209 cm³/mol. The van der Waals surface area contributed by atoms with Crippen LogP contribution in [0, 0.1) is 0 Å². The first-order valence-corrected chi connectivity index (χ1v) is 18.0. The minimum Gasteiger partial charge on any atom is -0.310 e. The molecule has 9 aromatic rings. The van der Waals surface area contributed by atoms with Gasteiger partial charge in [-0.15, -0.1) is 22.7 Å². The molecule has 224 valence electrons. The summed E-state index contributed by atoms with van der Waals surface area (Å²) in [6.07, 6.45) is 0. The summed E-state index contributed by atoms with van der Waals surface area (Å²) in [6.45, 7) is 0. The van der Waals surface area contributed by atoms with Crippen LogP contribution in [0.5, 0.6) is 0 Å². The highest BCUT2D eigenvalue weighted by Gasteiger charge is 2.20. The van der Waals surface area contributed by atoms with Crippen molar-refractivity contribution >= 4 is 113 Å². The summed E-state index contributed by atoms with van der Waals surface area (Å²) < 4.78 is 6.21. The maximum absolute atomic E-state index is 3.92. The van der Waals surface area contributed by atoms with Crippen LogP contribution in [0.25, 0.3) is 40.3 Å². The quantitative estimate of drug-likeness (QED) is 0.170. The predicted octanol–water partition coefficient (Wildman–Crippen LogP) is 14.1. The van der Waals surface area contributed by atoms with Crippen LogP contribution >= 0.6 is 38.6 Å². The van der Waals surface area contributed by atoms with Gasteiger partial charge in [0.15, 0.2) is 0 Å². The van der Waals surface area contributed by atoms with Gasteiger partial charge in [-0.25, -0.2) is 0 Å². The molecule has 0 aliphatic heterocycles. The van der Waals surface area contributed by atoms with E-state index in [0.717, 1.165) is 38.6 Å². The lowest BCUT2D eigenvalue weighted by atomic mass is 10.1. The molecule has 0 aliphatic carbocycles. The van der Waals surface area contributed by atoms with Crippen molar-refractivity contribution in [1.29, 1.82) is 0 Å². The number of fused-ring (bicyclic) bond motifs is 6. The van der Waals surface area contributed by atoms with E-state index in [2.05, 4.69) is 190 Å². The smallest absolute Gasteiger partial charge is 0.0493 e. The first-order chi connectivity index (χ1) is 23.2. The van der Waals surface area contributed by atoms with Gasteiger partial charge >= 0.3 is 0 Å². The Bertz CT molecular complexity index is 2550. The molecule has 2 nitrogen and oxygen atoms in total. The van der Waals surface area contributed by atoms with E-state index in [0.29, 0.717) is 0 Å². The molecule has 0 bridgehead atoms. The zero-order valence-corrected chi connectivity index (χ0v) is 28.4. The van der Waals surface area contributed by atoms with Crippen molar-refractivity contribution in [3.05, 3.63) is 168 Å². The highest BCUT2D eigenvalue weighted by Crippen LogP contribution is 2.45. The summed E-state index contributed by atoms with van der Waals surface area (Å²) >= 11 is 7.62. The molecule has 0 amide bonds. The molecule has 0 saturated carbocycles. The molecular formula is C42H27BrN2S2. The van der Waals surface area contributed by atoms with E-state index in [4.69, 9.17) is 0 Å². The van der Waals surface area contributed by atoms with Crippen LogP contribution in [0.2, 0.25) is 0 Å². The summed E-state index contributed by atoms with van der Waals surface area (Å²) in [5.74, 6) is 0. The Labute approximate surface area is 289 Å². The second kappa shape index (κ2) is 11.7. The molecule has 0 saturated heterocycles. The van der Waals surface area contributed by atoms with Crippen LogP contribution in [-0.4, -0.2) is 0 Å². The fraction of sp³-hybridized carbons (Fsp3) is 0. The zero-order valence-electron chi connectivity index (χ0n) is 25.2. The van der Waals surface area contributed by atoms with Crippen molar-refractivity contribution in [3.63, 3.8) is 0 Å². The van der Waals surface area contributed by atoms with Crippen molar-refractivity contribution in [2.75, 3.05) is 9.80 Å². The van der Waals surface area contributed by atoms with Crippen LogP contribution in [0.1, 0.15) is 0 Å². The Morgan fingerprint density at radius 2 is 0.787 bits per heavy atom. The van der Waals surface area contributed by atoms with Crippen molar-refractivity contribution < 1.29 is 0 Å². The van der Waals surface area contributed by atoms with Crippen molar-refractivity contribution in [2.45, 2.75) is 0 Å². The fourth-order valence-corrected chi connectivity index (χ4v) is 9.27. The van der Waals surface area contributed by atoms with Crippen LogP contribution < -0.4 is 9.80 Å². The Hall–Kier alpha value is -4.94. The van der Waals surface area contributed by atoms with Gasteiger partial charge < -0.3 is 9.80 Å². The number of rotatable bonds is 6. The summed E-state index contributed by atoms with van der Waals surface area (Å²) in [6, 6.07) is 59.1. The minimum atomic E-state index is 1.01. The van der Waals surface area contributed by atoms with Crippen molar-refractivity contribution in [3.8, 4) is 0 Å². The van der Waals surface area contributed by atoms with Crippen LogP contribution in [-0.2, 0) is 0 Å². The molecule has 9 rings (SSSR count). The number of thiophene rings is 2. The molecule has 0 radical (unpaired) electrons. The monoisotopic (exact) mass is 702 g/mol. The third-order valence-electron chi connectivity index (χ3n) is 8.65. The molecule has 7 aromatic carbocycles. The van der Waals surface area contributed by atoms with E-state index in [1.165, 1.54) is 40.3 Å². The molecule has 0 aliphatic rings. The number of benzene rings is 7. The van der Waals surface area contributed by atoms with E-state index < -0.39 is 0 Å². The molecule has 2 heterocycles. The lowest BCUT2D eigenvalue weighted by Gasteiger charge is -2.30. The standard InChI is InChI=1S/C42H27BrN2S2/c43-28-23-33(44(29-11-3-1-4-12-29)31-20-22-41-38(26-31)36-16-8-10-18-40(36)46-41)25-34(24-28)45(30-13-5-2-6-14-30)32-19-21-37-35-15-7-9-17-39(35)47-42(37)27-32/h1-27H. The number of nitrogens with zero attached hydrogens (tertiary/aromatic N) is 2. The zero-order chi connectivity index (χ0) is 31.3. The third kappa shape index (κ3) is 5.08. The van der Waals surface area contributed by atoms with Crippen molar-refractivity contribution in [2.24, 2.45) is 0 Å². The van der Waals surface area contributed by atoms with Gasteiger partial charge in [-0.2, -0.15) is 0 Å². The average Bonchev–Trinajstić information content (AvgIpc) is 3.67. The maximum atomic E-state index is 3.92. The lowest BCUT2D eigenvalue weighted by molar-refractivity contribution is 1.25. The molecule has 5 heteroatoms.